The Morgan fingerprint density at radius 3 is 2.90 bits per heavy atom. The molecule has 1 amide bonds. The molecule has 1 aromatic rings. The monoisotopic (exact) mass is 345 g/mol. The van der Waals surface area contributed by atoms with Gasteiger partial charge in [0.25, 0.3) is 5.91 Å². The Morgan fingerprint density at radius 1 is 1.50 bits per heavy atom. The average Bonchev–Trinajstić information content (AvgIpc) is 2.38. The topological polar surface area (TPSA) is 66.8 Å². The number of amides is 1. The van der Waals surface area contributed by atoms with Crippen LogP contribution in [0.4, 0.5) is 4.39 Å². The highest BCUT2D eigenvalue weighted by Gasteiger charge is 2.31. The SMILES string of the molecule is O=C(O)CC1COCCN1C(=O)c1c(F)cccc1Br. The van der Waals surface area contributed by atoms with E-state index in [1.54, 1.807) is 6.07 Å². The highest BCUT2D eigenvalue weighted by molar-refractivity contribution is 9.10. The number of hydrogen-bond donors (Lipinski definition) is 1. The van der Waals surface area contributed by atoms with Crippen molar-refractivity contribution in [1.82, 2.24) is 4.90 Å². The molecule has 1 unspecified atom stereocenters. The van der Waals surface area contributed by atoms with Crippen molar-refractivity contribution in [2.24, 2.45) is 0 Å². The van der Waals surface area contributed by atoms with Gasteiger partial charge in [-0.2, -0.15) is 0 Å². The number of carbonyl (C=O) groups excluding carboxylic acids is 1. The summed E-state index contributed by atoms with van der Waals surface area (Å²) in [7, 11) is 0. The number of morpholine rings is 1. The van der Waals surface area contributed by atoms with Gasteiger partial charge in [-0.15, -0.1) is 0 Å². The van der Waals surface area contributed by atoms with E-state index in [9.17, 15) is 14.0 Å². The average molecular weight is 346 g/mol. The minimum Gasteiger partial charge on any atom is -0.481 e. The fraction of sp³-hybridized carbons (Fsp3) is 0.385. The molecule has 108 valence electrons. The van der Waals surface area contributed by atoms with Crippen LogP contribution in [0.25, 0.3) is 0 Å². The molecule has 1 aliphatic heterocycles. The van der Waals surface area contributed by atoms with Crippen LogP contribution in [0.15, 0.2) is 22.7 Å². The Labute approximate surface area is 123 Å². The second kappa shape index (κ2) is 6.32. The third kappa shape index (κ3) is 3.16. The highest BCUT2D eigenvalue weighted by Crippen LogP contribution is 2.23. The maximum absolute atomic E-state index is 13.8. The molecule has 0 saturated carbocycles. The van der Waals surface area contributed by atoms with Crippen LogP contribution >= 0.6 is 15.9 Å². The van der Waals surface area contributed by atoms with E-state index in [0.29, 0.717) is 11.1 Å². The zero-order valence-electron chi connectivity index (χ0n) is 10.5. The molecular weight excluding hydrogens is 333 g/mol. The highest BCUT2D eigenvalue weighted by atomic mass is 79.9. The number of halogens is 2. The van der Waals surface area contributed by atoms with E-state index in [0.717, 1.165) is 0 Å². The van der Waals surface area contributed by atoms with Gasteiger partial charge in [-0.05, 0) is 28.1 Å². The first-order chi connectivity index (χ1) is 9.50. The van der Waals surface area contributed by atoms with E-state index in [-0.39, 0.29) is 25.1 Å². The Morgan fingerprint density at radius 2 is 2.25 bits per heavy atom. The van der Waals surface area contributed by atoms with E-state index in [1.165, 1.54) is 17.0 Å². The lowest BCUT2D eigenvalue weighted by molar-refractivity contribution is -0.139. The van der Waals surface area contributed by atoms with Gasteiger partial charge in [0.15, 0.2) is 0 Å². The molecule has 1 fully saturated rings. The van der Waals surface area contributed by atoms with Crippen molar-refractivity contribution in [2.45, 2.75) is 12.5 Å². The summed E-state index contributed by atoms with van der Waals surface area (Å²) in [6.45, 7) is 0.704. The third-order valence-corrected chi connectivity index (χ3v) is 3.74. The molecule has 1 aliphatic rings. The van der Waals surface area contributed by atoms with E-state index in [2.05, 4.69) is 15.9 Å². The lowest BCUT2D eigenvalue weighted by atomic mass is 10.1. The Balaban J connectivity index is 2.28. The summed E-state index contributed by atoms with van der Waals surface area (Å²) in [4.78, 5) is 24.6. The summed E-state index contributed by atoms with van der Waals surface area (Å²) >= 11 is 3.15. The number of carboxylic acid groups (broad SMARTS) is 1. The molecule has 1 saturated heterocycles. The van der Waals surface area contributed by atoms with Gasteiger partial charge in [0, 0.05) is 11.0 Å². The first kappa shape index (κ1) is 14.9. The number of aliphatic carboxylic acids is 1. The van der Waals surface area contributed by atoms with Crippen LogP contribution in [-0.4, -0.2) is 47.7 Å². The summed E-state index contributed by atoms with van der Waals surface area (Å²) in [5.74, 6) is -2.18. The number of benzene rings is 1. The van der Waals surface area contributed by atoms with Gasteiger partial charge < -0.3 is 14.7 Å². The smallest absolute Gasteiger partial charge is 0.305 e. The van der Waals surface area contributed by atoms with Gasteiger partial charge >= 0.3 is 5.97 Å². The molecule has 5 nitrogen and oxygen atoms in total. The number of carboxylic acids is 1. The zero-order chi connectivity index (χ0) is 14.7. The summed E-state index contributed by atoms with van der Waals surface area (Å²) in [6.07, 6.45) is -0.224. The fourth-order valence-corrected chi connectivity index (χ4v) is 2.65. The van der Waals surface area contributed by atoms with Crippen molar-refractivity contribution in [3.63, 3.8) is 0 Å². The second-order valence-corrected chi connectivity index (χ2v) is 5.28. The van der Waals surface area contributed by atoms with Gasteiger partial charge in [-0.1, -0.05) is 6.07 Å². The van der Waals surface area contributed by atoms with Gasteiger partial charge in [0.1, 0.15) is 5.82 Å². The van der Waals surface area contributed by atoms with Crippen molar-refractivity contribution >= 4 is 27.8 Å². The van der Waals surface area contributed by atoms with Gasteiger partial charge in [-0.3, -0.25) is 9.59 Å². The molecule has 0 radical (unpaired) electrons. The predicted molar refractivity (Wildman–Crippen MR) is 72.0 cm³/mol. The second-order valence-electron chi connectivity index (χ2n) is 4.42. The van der Waals surface area contributed by atoms with Crippen LogP contribution in [0, 0.1) is 5.82 Å². The summed E-state index contributed by atoms with van der Waals surface area (Å²) < 4.78 is 19.4. The first-order valence-corrected chi connectivity index (χ1v) is 6.84. The lowest BCUT2D eigenvalue weighted by Crippen LogP contribution is -2.49. The molecule has 1 heterocycles. The normalized spacial score (nSPS) is 18.9. The quantitative estimate of drug-likeness (QED) is 0.908. The van der Waals surface area contributed by atoms with Crippen LogP contribution in [0.3, 0.4) is 0 Å². The van der Waals surface area contributed by atoms with Gasteiger partial charge in [-0.25, -0.2) is 4.39 Å². The van der Waals surface area contributed by atoms with Crippen molar-refractivity contribution < 1.29 is 23.8 Å². The van der Waals surface area contributed by atoms with Gasteiger partial charge in [0.05, 0.1) is 31.2 Å². The van der Waals surface area contributed by atoms with Crippen LogP contribution in [0.5, 0.6) is 0 Å². The van der Waals surface area contributed by atoms with Gasteiger partial charge in [0.2, 0.25) is 0 Å². The molecule has 0 aromatic heterocycles. The Hall–Kier alpha value is -1.47. The van der Waals surface area contributed by atoms with Crippen molar-refractivity contribution in [3.8, 4) is 0 Å². The van der Waals surface area contributed by atoms with Crippen LogP contribution < -0.4 is 0 Å². The number of rotatable bonds is 3. The lowest BCUT2D eigenvalue weighted by Gasteiger charge is -2.35. The van der Waals surface area contributed by atoms with Crippen LogP contribution in [-0.2, 0) is 9.53 Å². The third-order valence-electron chi connectivity index (χ3n) is 3.08. The van der Waals surface area contributed by atoms with E-state index in [1.807, 2.05) is 0 Å². The number of hydrogen-bond acceptors (Lipinski definition) is 3. The minimum absolute atomic E-state index is 0.0789. The van der Waals surface area contributed by atoms with Crippen molar-refractivity contribution in [1.29, 1.82) is 0 Å². The van der Waals surface area contributed by atoms with E-state index >= 15 is 0 Å². The molecule has 0 aliphatic carbocycles. The first-order valence-electron chi connectivity index (χ1n) is 6.05. The van der Waals surface area contributed by atoms with E-state index < -0.39 is 23.7 Å². The van der Waals surface area contributed by atoms with Crippen molar-refractivity contribution in [2.75, 3.05) is 19.8 Å². The molecule has 0 bridgehead atoms. The van der Waals surface area contributed by atoms with E-state index in [4.69, 9.17) is 9.84 Å². The largest absolute Gasteiger partial charge is 0.481 e. The van der Waals surface area contributed by atoms with Crippen molar-refractivity contribution in [3.05, 3.63) is 34.1 Å². The predicted octanol–water partition coefficient (Wildman–Crippen LogP) is 1.90. The molecule has 0 spiro atoms. The molecule has 20 heavy (non-hydrogen) atoms. The maximum atomic E-state index is 13.8. The molecule has 1 N–H and O–H groups in total. The molecular formula is C13H13BrFNO4. The number of nitrogens with zero attached hydrogens (tertiary/aromatic N) is 1. The maximum Gasteiger partial charge on any atom is 0.305 e. The Bertz CT molecular complexity index is 517. The Kier molecular flexibility index (Phi) is 4.72. The summed E-state index contributed by atoms with van der Waals surface area (Å²) in [5.41, 5.74) is -0.0789. The standard InChI is InChI=1S/C13H13BrFNO4/c14-9-2-1-3-10(15)12(9)13(19)16-4-5-20-7-8(16)6-11(17)18/h1-3,8H,4-7H2,(H,17,18). The zero-order valence-corrected chi connectivity index (χ0v) is 12.1. The fourth-order valence-electron chi connectivity index (χ4n) is 2.14. The van der Waals surface area contributed by atoms with Crippen LogP contribution in [0.1, 0.15) is 16.8 Å². The number of carbonyl (C=O) groups is 2. The molecule has 7 heteroatoms. The minimum atomic E-state index is -1.02. The summed E-state index contributed by atoms with van der Waals surface area (Å²) in [5, 5.41) is 8.87. The summed E-state index contributed by atoms with van der Waals surface area (Å²) in [6, 6.07) is 3.68. The number of ether oxygens (including phenoxy) is 1. The molecule has 1 atom stereocenters. The van der Waals surface area contributed by atoms with Crippen LogP contribution in [0.2, 0.25) is 0 Å². The molecule has 2 rings (SSSR count). The molecule has 1 aromatic carbocycles.